The standard InChI is InChI=1S/C25H21N3O2S/c1-17(29)26-21-14-12-18(13-15-21)22-16-31-25(27-22)28-24(30)23(19-8-4-2-5-9-19)20-10-6-3-7-11-20/h2-16,23H,1H3,(H,26,29)(H,27,28,30). The third-order valence-electron chi connectivity index (χ3n) is 4.76. The van der Waals surface area contributed by atoms with Crippen molar-refractivity contribution in [2.24, 2.45) is 0 Å². The summed E-state index contributed by atoms with van der Waals surface area (Å²) in [4.78, 5) is 29.0. The zero-order valence-electron chi connectivity index (χ0n) is 16.9. The molecule has 2 amide bonds. The van der Waals surface area contributed by atoms with Crippen LogP contribution in [-0.2, 0) is 9.59 Å². The summed E-state index contributed by atoms with van der Waals surface area (Å²) in [5.74, 6) is -0.663. The van der Waals surface area contributed by atoms with Crippen molar-refractivity contribution in [3.8, 4) is 11.3 Å². The molecule has 2 N–H and O–H groups in total. The lowest BCUT2D eigenvalue weighted by Crippen LogP contribution is -2.22. The van der Waals surface area contributed by atoms with Crippen LogP contribution in [0.5, 0.6) is 0 Å². The molecule has 0 aliphatic rings. The van der Waals surface area contributed by atoms with E-state index in [9.17, 15) is 9.59 Å². The van der Waals surface area contributed by atoms with E-state index in [1.54, 1.807) is 0 Å². The maximum atomic E-state index is 13.2. The number of amides is 2. The van der Waals surface area contributed by atoms with Gasteiger partial charge in [-0.05, 0) is 23.3 Å². The number of hydrogen-bond donors (Lipinski definition) is 2. The topological polar surface area (TPSA) is 71.1 Å². The summed E-state index contributed by atoms with van der Waals surface area (Å²) < 4.78 is 0. The third-order valence-corrected chi connectivity index (χ3v) is 5.52. The summed E-state index contributed by atoms with van der Waals surface area (Å²) >= 11 is 1.38. The SMILES string of the molecule is CC(=O)Nc1ccc(-c2csc(NC(=O)C(c3ccccc3)c3ccccc3)n2)cc1. The summed E-state index contributed by atoms with van der Waals surface area (Å²) in [7, 11) is 0. The number of anilines is 2. The molecule has 5 nitrogen and oxygen atoms in total. The van der Waals surface area contributed by atoms with Crippen LogP contribution in [0.3, 0.4) is 0 Å². The summed E-state index contributed by atoms with van der Waals surface area (Å²) in [6, 6.07) is 26.9. The number of nitrogens with one attached hydrogen (secondary N) is 2. The normalized spacial score (nSPS) is 10.6. The van der Waals surface area contributed by atoms with E-state index >= 15 is 0 Å². The van der Waals surface area contributed by atoms with Crippen LogP contribution in [0.1, 0.15) is 24.0 Å². The van der Waals surface area contributed by atoms with Gasteiger partial charge >= 0.3 is 0 Å². The van der Waals surface area contributed by atoms with Gasteiger partial charge in [-0.3, -0.25) is 9.59 Å². The minimum Gasteiger partial charge on any atom is -0.326 e. The lowest BCUT2D eigenvalue weighted by atomic mass is 9.90. The Bertz CT molecular complexity index is 1130. The average molecular weight is 428 g/mol. The molecule has 0 aliphatic heterocycles. The Labute approximate surface area is 184 Å². The van der Waals surface area contributed by atoms with E-state index in [1.165, 1.54) is 18.3 Å². The number of carbonyl (C=O) groups excluding carboxylic acids is 2. The van der Waals surface area contributed by atoms with E-state index < -0.39 is 5.92 Å². The monoisotopic (exact) mass is 427 g/mol. The first kappa shape index (κ1) is 20.5. The largest absolute Gasteiger partial charge is 0.326 e. The molecule has 154 valence electrons. The Kier molecular flexibility index (Phi) is 6.19. The second-order valence-corrected chi connectivity index (χ2v) is 7.90. The second kappa shape index (κ2) is 9.36. The van der Waals surface area contributed by atoms with Gasteiger partial charge in [0.05, 0.1) is 11.6 Å². The number of benzene rings is 3. The maximum Gasteiger partial charge on any atom is 0.238 e. The lowest BCUT2D eigenvalue weighted by molar-refractivity contribution is -0.117. The van der Waals surface area contributed by atoms with Crippen molar-refractivity contribution in [2.75, 3.05) is 10.6 Å². The van der Waals surface area contributed by atoms with Gasteiger partial charge in [-0.1, -0.05) is 72.8 Å². The number of carbonyl (C=O) groups is 2. The number of thiazole rings is 1. The predicted octanol–water partition coefficient (Wildman–Crippen LogP) is 5.54. The minimum absolute atomic E-state index is 0.113. The minimum atomic E-state index is -0.424. The molecular formula is C25H21N3O2S. The molecule has 6 heteroatoms. The molecule has 31 heavy (non-hydrogen) atoms. The van der Waals surface area contributed by atoms with Gasteiger partial charge in [-0.15, -0.1) is 11.3 Å². The van der Waals surface area contributed by atoms with Crippen LogP contribution in [-0.4, -0.2) is 16.8 Å². The molecule has 0 bridgehead atoms. The number of aromatic nitrogens is 1. The average Bonchev–Trinajstić information content (AvgIpc) is 3.24. The van der Waals surface area contributed by atoms with Gasteiger partial charge in [0.2, 0.25) is 11.8 Å². The molecule has 0 fully saturated rings. The van der Waals surface area contributed by atoms with Gasteiger partial charge in [0.25, 0.3) is 0 Å². The molecule has 0 unspecified atom stereocenters. The fourth-order valence-corrected chi connectivity index (χ4v) is 4.08. The lowest BCUT2D eigenvalue weighted by Gasteiger charge is -2.17. The summed E-state index contributed by atoms with van der Waals surface area (Å²) in [5, 5.41) is 8.17. The van der Waals surface area contributed by atoms with E-state index in [-0.39, 0.29) is 11.8 Å². The van der Waals surface area contributed by atoms with Crippen molar-refractivity contribution < 1.29 is 9.59 Å². The number of rotatable bonds is 6. The highest BCUT2D eigenvalue weighted by Crippen LogP contribution is 2.29. The Morgan fingerprint density at radius 2 is 1.39 bits per heavy atom. The van der Waals surface area contributed by atoms with E-state index in [0.717, 1.165) is 28.1 Å². The highest BCUT2D eigenvalue weighted by molar-refractivity contribution is 7.14. The fraction of sp³-hybridized carbons (Fsp3) is 0.0800. The first-order valence-corrected chi connectivity index (χ1v) is 10.7. The fourth-order valence-electron chi connectivity index (χ4n) is 3.36. The summed E-state index contributed by atoms with van der Waals surface area (Å²) in [5.41, 5.74) is 4.26. The molecule has 0 saturated carbocycles. The quantitative estimate of drug-likeness (QED) is 0.424. The van der Waals surface area contributed by atoms with Gasteiger partial charge in [-0.25, -0.2) is 4.98 Å². The van der Waals surface area contributed by atoms with Crippen LogP contribution >= 0.6 is 11.3 Å². The van der Waals surface area contributed by atoms with E-state index in [0.29, 0.717) is 5.13 Å². The van der Waals surface area contributed by atoms with Gasteiger partial charge in [-0.2, -0.15) is 0 Å². The summed E-state index contributed by atoms with van der Waals surface area (Å²) in [6.07, 6.45) is 0. The van der Waals surface area contributed by atoms with E-state index in [2.05, 4.69) is 15.6 Å². The van der Waals surface area contributed by atoms with Crippen LogP contribution in [0, 0.1) is 0 Å². The van der Waals surface area contributed by atoms with E-state index in [1.807, 2.05) is 90.3 Å². The Hall–Kier alpha value is -3.77. The van der Waals surface area contributed by atoms with Crippen LogP contribution < -0.4 is 10.6 Å². The van der Waals surface area contributed by atoms with Crippen molar-refractivity contribution in [3.63, 3.8) is 0 Å². The predicted molar refractivity (Wildman–Crippen MR) is 125 cm³/mol. The molecular weight excluding hydrogens is 406 g/mol. The van der Waals surface area contributed by atoms with Gasteiger partial charge in [0, 0.05) is 23.6 Å². The third kappa shape index (κ3) is 5.05. The van der Waals surface area contributed by atoms with Crippen molar-refractivity contribution in [1.29, 1.82) is 0 Å². The molecule has 0 saturated heterocycles. The first-order valence-electron chi connectivity index (χ1n) is 9.84. The van der Waals surface area contributed by atoms with Crippen LogP contribution in [0.4, 0.5) is 10.8 Å². The van der Waals surface area contributed by atoms with E-state index in [4.69, 9.17) is 0 Å². The van der Waals surface area contributed by atoms with Gasteiger partial charge in [0.15, 0.2) is 5.13 Å². The molecule has 4 rings (SSSR count). The maximum absolute atomic E-state index is 13.2. The van der Waals surface area contributed by atoms with Crippen molar-refractivity contribution in [3.05, 3.63) is 101 Å². The molecule has 0 radical (unpaired) electrons. The Morgan fingerprint density at radius 1 is 0.806 bits per heavy atom. The zero-order chi connectivity index (χ0) is 21.6. The molecule has 0 atom stereocenters. The zero-order valence-corrected chi connectivity index (χ0v) is 17.7. The van der Waals surface area contributed by atoms with Crippen molar-refractivity contribution >= 4 is 34.0 Å². The van der Waals surface area contributed by atoms with Crippen LogP contribution in [0.15, 0.2) is 90.3 Å². The Balaban J connectivity index is 1.54. The highest BCUT2D eigenvalue weighted by atomic mass is 32.1. The van der Waals surface area contributed by atoms with Crippen molar-refractivity contribution in [2.45, 2.75) is 12.8 Å². The molecule has 1 aromatic heterocycles. The number of hydrogen-bond acceptors (Lipinski definition) is 4. The van der Waals surface area contributed by atoms with Gasteiger partial charge in [0.1, 0.15) is 0 Å². The Morgan fingerprint density at radius 3 is 1.94 bits per heavy atom. The van der Waals surface area contributed by atoms with Crippen LogP contribution in [0.25, 0.3) is 11.3 Å². The molecule has 0 spiro atoms. The number of nitrogens with zero attached hydrogens (tertiary/aromatic N) is 1. The molecule has 4 aromatic rings. The molecule has 0 aliphatic carbocycles. The smallest absolute Gasteiger partial charge is 0.238 e. The second-order valence-electron chi connectivity index (χ2n) is 7.04. The summed E-state index contributed by atoms with van der Waals surface area (Å²) in [6.45, 7) is 1.47. The molecule has 1 heterocycles. The van der Waals surface area contributed by atoms with Crippen LogP contribution in [0.2, 0.25) is 0 Å². The van der Waals surface area contributed by atoms with Crippen molar-refractivity contribution in [1.82, 2.24) is 4.98 Å². The highest BCUT2D eigenvalue weighted by Gasteiger charge is 2.23. The molecule has 3 aromatic carbocycles. The first-order chi connectivity index (χ1) is 15.1. The van der Waals surface area contributed by atoms with Gasteiger partial charge < -0.3 is 10.6 Å².